The Morgan fingerprint density at radius 1 is 1.00 bits per heavy atom. The zero-order valence-electron chi connectivity index (χ0n) is 14.2. The number of aryl methyl sites for hydroxylation is 1. The second-order valence-corrected chi connectivity index (χ2v) is 7.29. The molecule has 10 heteroatoms. The lowest BCUT2D eigenvalue weighted by Crippen LogP contribution is -2.09. The first-order chi connectivity index (χ1) is 13.0. The first-order valence-corrected chi connectivity index (χ1v) is 9.32. The summed E-state index contributed by atoms with van der Waals surface area (Å²) in [5.41, 5.74) is 2.43. The largest absolute Gasteiger partial charge is 0.379 e. The molecule has 0 fully saturated rings. The lowest BCUT2D eigenvalue weighted by molar-refractivity contribution is 0.486. The van der Waals surface area contributed by atoms with Gasteiger partial charge >= 0.3 is 10.1 Å². The number of hydrogen-bond donors (Lipinski definition) is 0. The number of nitrogens with zero attached hydrogens (tertiary/aromatic N) is 6. The van der Waals surface area contributed by atoms with Gasteiger partial charge in [0.05, 0.1) is 23.8 Å². The fourth-order valence-electron chi connectivity index (χ4n) is 2.41. The standard InChI is InChI=1S/C17H14N6O3S/c1-13-5-7-14(8-6-13)22-11-17(10-19-22)27(24,25)26-16-4-2-3-15(9-16)23-12-18-20-21-23/h2-12H,1H3. The molecule has 136 valence electrons. The Hall–Kier alpha value is -3.53. The highest BCUT2D eigenvalue weighted by atomic mass is 32.2. The van der Waals surface area contributed by atoms with Gasteiger partial charge in [-0.05, 0) is 41.6 Å². The molecule has 4 aromatic rings. The Morgan fingerprint density at radius 2 is 1.81 bits per heavy atom. The molecular weight excluding hydrogens is 368 g/mol. The Labute approximate surface area is 155 Å². The molecule has 9 nitrogen and oxygen atoms in total. The van der Waals surface area contributed by atoms with Crippen LogP contribution < -0.4 is 4.18 Å². The molecule has 0 bridgehead atoms. The van der Waals surface area contributed by atoms with E-state index in [2.05, 4.69) is 20.6 Å². The summed E-state index contributed by atoms with van der Waals surface area (Å²) < 4.78 is 33.3. The van der Waals surface area contributed by atoms with E-state index in [0.29, 0.717) is 5.69 Å². The van der Waals surface area contributed by atoms with Crippen molar-refractivity contribution in [2.75, 3.05) is 0 Å². The minimum Gasteiger partial charge on any atom is -0.379 e. The van der Waals surface area contributed by atoms with E-state index in [-0.39, 0.29) is 10.6 Å². The maximum absolute atomic E-state index is 12.6. The molecular formula is C17H14N6O3S. The fourth-order valence-corrected chi connectivity index (χ4v) is 3.26. The maximum atomic E-state index is 12.6. The van der Waals surface area contributed by atoms with Crippen LogP contribution in [-0.2, 0) is 10.1 Å². The highest BCUT2D eigenvalue weighted by Crippen LogP contribution is 2.21. The van der Waals surface area contributed by atoms with Crippen molar-refractivity contribution in [2.24, 2.45) is 0 Å². The molecule has 0 radical (unpaired) electrons. The van der Waals surface area contributed by atoms with Crippen LogP contribution in [0.15, 0.2) is 72.1 Å². The summed E-state index contributed by atoms with van der Waals surface area (Å²) in [6.07, 6.45) is 4.06. The number of aromatic nitrogens is 6. The second-order valence-electron chi connectivity index (χ2n) is 5.75. The van der Waals surface area contributed by atoms with Crippen LogP contribution in [-0.4, -0.2) is 38.4 Å². The van der Waals surface area contributed by atoms with Crippen molar-refractivity contribution in [3.05, 3.63) is 72.8 Å². The van der Waals surface area contributed by atoms with Gasteiger partial charge in [-0.1, -0.05) is 23.8 Å². The normalized spacial score (nSPS) is 11.4. The lowest BCUT2D eigenvalue weighted by Gasteiger charge is -2.06. The van der Waals surface area contributed by atoms with E-state index in [1.54, 1.807) is 12.1 Å². The van der Waals surface area contributed by atoms with Gasteiger partial charge in [0.15, 0.2) is 0 Å². The molecule has 0 aliphatic rings. The predicted molar refractivity (Wildman–Crippen MR) is 95.3 cm³/mol. The molecule has 0 amide bonds. The molecule has 0 saturated heterocycles. The van der Waals surface area contributed by atoms with Crippen LogP contribution in [0.4, 0.5) is 0 Å². The van der Waals surface area contributed by atoms with E-state index in [0.717, 1.165) is 11.3 Å². The lowest BCUT2D eigenvalue weighted by atomic mass is 10.2. The van der Waals surface area contributed by atoms with Crippen LogP contribution in [0, 0.1) is 6.92 Å². The second kappa shape index (κ2) is 6.65. The van der Waals surface area contributed by atoms with E-state index >= 15 is 0 Å². The molecule has 0 atom stereocenters. The van der Waals surface area contributed by atoms with E-state index in [1.807, 2.05) is 31.2 Å². The zero-order valence-corrected chi connectivity index (χ0v) is 15.0. The van der Waals surface area contributed by atoms with Crippen LogP contribution in [0.3, 0.4) is 0 Å². The van der Waals surface area contributed by atoms with Crippen LogP contribution in [0.1, 0.15) is 5.56 Å². The molecule has 2 aromatic heterocycles. The van der Waals surface area contributed by atoms with Gasteiger partial charge < -0.3 is 4.18 Å². The third-order valence-electron chi connectivity index (χ3n) is 3.78. The zero-order chi connectivity index (χ0) is 18.9. The topological polar surface area (TPSA) is 105 Å². The van der Waals surface area contributed by atoms with Crippen LogP contribution in [0.2, 0.25) is 0 Å². The number of rotatable bonds is 5. The van der Waals surface area contributed by atoms with Crippen LogP contribution >= 0.6 is 0 Å². The van der Waals surface area contributed by atoms with Crippen LogP contribution in [0.5, 0.6) is 5.75 Å². The molecule has 27 heavy (non-hydrogen) atoms. The summed E-state index contributed by atoms with van der Waals surface area (Å²) in [5.74, 6) is 0.145. The van der Waals surface area contributed by atoms with Crippen molar-refractivity contribution in [1.82, 2.24) is 30.0 Å². The number of benzene rings is 2. The third-order valence-corrected chi connectivity index (χ3v) is 4.98. The molecule has 0 aliphatic carbocycles. The Balaban J connectivity index is 1.59. The molecule has 2 heterocycles. The molecule has 0 spiro atoms. The predicted octanol–water partition coefficient (Wildman–Crippen LogP) is 1.92. The summed E-state index contributed by atoms with van der Waals surface area (Å²) in [5, 5.41) is 15.0. The van der Waals surface area contributed by atoms with Gasteiger partial charge in [-0.25, -0.2) is 9.36 Å². The van der Waals surface area contributed by atoms with Crippen molar-refractivity contribution >= 4 is 10.1 Å². The van der Waals surface area contributed by atoms with Crippen molar-refractivity contribution in [3.63, 3.8) is 0 Å². The molecule has 0 unspecified atom stereocenters. The van der Waals surface area contributed by atoms with Crippen molar-refractivity contribution in [3.8, 4) is 17.1 Å². The average molecular weight is 382 g/mol. The van der Waals surface area contributed by atoms with Gasteiger partial charge in [0.2, 0.25) is 0 Å². The molecule has 0 aliphatic heterocycles. The summed E-state index contributed by atoms with van der Waals surface area (Å²) in [6.45, 7) is 1.97. The van der Waals surface area contributed by atoms with Gasteiger partial charge in [-0.15, -0.1) is 5.10 Å². The van der Waals surface area contributed by atoms with Crippen molar-refractivity contribution in [1.29, 1.82) is 0 Å². The van der Waals surface area contributed by atoms with Crippen molar-refractivity contribution in [2.45, 2.75) is 11.8 Å². The highest BCUT2D eigenvalue weighted by molar-refractivity contribution is 7.87. The summed E-state index contributed by atoms with van der Waals surface area (Å²) in [6, 6.07) is 14.0. The number of hydrogen-bond acceptors (Lipinski definition) is 7. The monoisotopic (exact) mass is 382 g/mol. The summed E-state index contributed by atoms with van der Waals surface area (Å²) >= 11 is 0. The van der Waals surface area contributed by atoms with Crippen LogP contribution in [0.25, 0.3) is 11.4 Å². The Bertz CT molecular complexity index is 1170. The summed E-state index contributed by atoms with van der Waals surface area (Å²) in [7, 11) is -4.04. The SMILES string of the molecule is Cc1ccc(-n2cc(S(=O)(=O)Oc3cccc(-n4cnnn4)c3)cn2)cc1. The quantitative estimate of drug-likeness (QED) is 0.486. The van der Waals surface area contributed by atoms with Gasteiger partial charge in [-0.2, -0.15) is 13.5 Å². The van der Waals surface area contributed by atoms with Gasteiger partial charge in [0.1, 0.15) is 17.0 Å². The van der Waals surface area contributed by atoms with E-state index < -0.39 is 10.1 Å². The molecule has 0 N–H and O–H groups in total. The molecule has 0 saturated carbocycles. The minimum absolute atomic E-state index is 0.0455. The van der Waals surface area contributed by atoms with Gasteiger partial charge in [-0.3, -0.25) is 0 Å². The Kier molecular flexibility index (Phi) is 4.16. The first kappa shape index (κ1) is 16.9. The van der Waals surface area contributed by atoms with E-state index in [4.69, 9.17) is 4.18 Å². The third kappa shape index (κ3) is 3.55. The Morgan fingerprint density at radius 3 is 2.56 bits per heavy atom. The average Bonchev–Trinajstić information content (AvgIpc) is 3.35. The maximum Gasteiger partial charge on any atom is 0.342 e. The highest BCUT2D eigenvalue weighted by Gasteiger charge is 2.20. The minimum atomic E-state index is -4.04. The van der Waals surface area contributed by atoms with Gasteiger partial charge in [0, 0.05) is 6.07 Å². The fraction of sp³-hybridized carbons (Fsp3) is 0.0588. The molecule has 2 aromatic carbocycles. The first-order valence-electron chi connectivity index (χ1n) is 7.91. The van der Waals surface area contributed by atoms with E-state index in [1.165, 1.54) is 40.2 Å². The molecule has 4 rings (SSSR count). The van der Waals surface area contributed by atoms with Gasteiger partial charge in [0.25, 0.3) is 0 Å². The number of tetrazole rings is 1. The summed E-state index contributed by atoms with van der Waals surface area (Å²) in [4.78, 5) is -0.0455. The van der Waals surface area contributed by atoms with Crippen molar-refractivity contribution < 1.29 is 12.6 Å². The van der Waals surface area contributed by atoms with E-state index in [9.17, 15) is 8.42 Å². The smallest absolute Gasteiger partial charge is 0.342 e.